The molecule has 0 bridgehead atoms. The molecule has 6 heteroatoms. The number of carbonyl (C=O) groups is 1. The first kappa shape index (κ1) is 12.4. The second kappa shape index (κ2) is 5.10. The highest BCUT2D eigenvalue weighted by Gasteiger charge is 2.10. The highest BCUT2D eigenvalue weighted by molar-refractivity contribution is 6.29. The van der Waals surface area contributed by atoms with Gasteiger partial charge in [-0.15, -0.1) is 0 Å². The Morgan fingerprint density at radius 2 is 2.22 bits per heavy atom. The lowest BCUT2D eigenvalue weighted by Gasteiger charge is -2.07. The molecule has 0 saturated heterocycles. The van der Waals surface area contributed by atoms with Gasteiger partial charge >= 0.3 is 0 Å². The van der Waals surface area contributed by atoms with Crippen molar-refractivity contribution in [3.8, 4) is 0 Å². The van der Waals surface area contributed by atoms with E-state index in [4.69, 9.17) is 11.6 Å². The molecule has 0 radical (unpaired) electrons. The molecular formula is C12H9ClFN3O. The summed E-state index contributed by atoms with van der Waals surface area (Å²) >= 11 is 5.71. The van der Waals surface area contributed by atoms with Crippen LogP contribution in [-0.2, 0) is 0 Å². The van der Waals surface area contributed by atoms with Crippen LogP contribution in [0.1, 0.15) is 16.1 Å². The molecule has 4 nitrogen and oxygen atoms in total. The number of hydrogen-bond acceptors (Lipinski definition) is 3. The van der Waals surface area contributed by atoms with Gasteiger partial charge in [0.05, 0.1) is 11.9 Å². The topological polar surface area (TPSA) is 54.9 Å². The highest BCUT2D eigenvalue weighted by Crippen LogP contribution is 2.17. The number of amides is 1. The monoisotopic (exact) mass is 265 g/mol. The molecule has 0 atom stereocenters. The summed E-state index contributed by atoms with van der Waals surface area (Å²) in [7, 11) is 0. The van der Waals surface area contributed by atoms with Gasteiger partial charge in [0.2, 0.25) is 5.95 Å². The van der Waals surface area contributed by atoms with E-state index in [1.165, 1.54) is 24.4 Å². The van der Waals surface area contributed by atoms with E-state index >= 15 is 0 Å². The van der Waals surface area contributed by atoms with Crippen LogP contribution < -0.4 is 5.32 Å². The fraction of sp³-hybridized carbons (Fsp3) is 0.0833. The van der Waals surface area contributed by atoms with Crippen molar-refractivity contribution in [1.82, 2.24) is 9.97 Å². The second-order valence-electron chi connectivity index (χ2n) is 3.62. The maximum absolute atomic E-state index is 12.9. The first-order valence-electron chi connectivity index (χ1n) is 5.12. The standard InChI is InChI=1S/C12H9ClFN3O/c1-7-5-10(13)15-6-9(7)17-12(18)8-3-2-4-11(14)16-8/h2-6H,1H3,(H,17,18). The number of aromatic nitrogens is 2. The second-order valence-corrected chi connectivity index (χ2v) is 4.01. The predicted octanol–water partition coefficient (Wildman–Crippen LogP) is 2.83. The Morgan fingerprint density at radius 3 is 2.89 bits per heavy atom. The SMILES string of the molecule is Cc1cc(Cl)ncc1NC(=O)c1cccc(F)n1. The van der Waals surface area contributed by atoms with Crippen molar-refractivity contribution in [2.24, 2.45) is 0 Å². The normalized spacial score (nSPS) is 10.2. The van der Waals surface area contributed by atoms with Gasteiger partial charge in [0.15, 0.2) is 0 Å². The lowest BCUT2D eigenvalue weighted by Crippen LogP contribution is -2.15. The van der Waals surface area contributed by atoms with Crippen LogP contribution in [0.5, 0.6) is 0 Å². The molecule has 0 spiro atoms. The number of rotatable bonds is 2. The van der Waals surface area contributed by atoms with Crippen LogP contribution in [0.4, 0.5) is 10.1 Å². The summed E-state index contributed by atoms with van der Waals surface area (Å²) in [4.78, 5) is 19.2. The molecule has 0 saturated carbocycles. The Kier molecular flexibility index (Phi) is 3.53. The van der Waals surface area contributed by atoms with E-state index in [1.54, 1.807) is 13.0 Å². The van der Waals surface area contributed by atoms with Crippen LogP contribution in [0.15, 0.2) is 30.5 Å². The lowest BCUT2D eigenvalue weighted by atomic mass is 10.2. The number of hydrogen-bond donors (Lipinski definition) is 1. The Labute approximate surface area is 108 Å². The first-order valence-corrected chi connectivity index (χ1v) is 5.50. The van der Waals surface area contributed by atoms with Crippen LogP contribution in [-0.4, -0.2) is 15.9 Å². The Bertz CT molecular complexity index is 604. The van der Waals surface area contributed by atoms with Crippen LogP contribution in [0.25, 0.3) is 0 Å². The van der Waals surface area contributed by atoms with E-state index in [2.05, 4.69) is 15.3 Å². The van der Waals surface area contributed by atoms with Gasteiger partial charge in [-0.25, -0.2) is 9.97 Å². The summed E-state index contributed by atoms with van der Waals surface area (Å²) in [5, 5.41) is 2.93. The van der Waals surface area contributed by atoms with Crippen LogP contribution in [0.2, 0.25) is 5.15 Å². The fourth-order valence-corrected chi connectivity index (χ4v) is 1.59. The number of carbonyl (C=O) groups excluding carboxylic acids is 1. The van der Waals surface area contributed by atoms with Gasteiger partial charge in [0, 0.05) is 0 Å². The molecule has 2 aromatic heterocycles. The molecule has 18 heavy (non-hydrogen) atoms. The van der Waals surface area contributed by atoms with E-state index in [-0.39, 0.29) is 5.69 Å². The number of anilines is 1. The summed E-state index contributed by atoms with van der Waals surface area (Å²) in [6.07, 6.45) is 1.44. The van der Waals surface area contributed by atoms with Crippen molar-refractivity contribution in [3.05, 3.63) is 52.8 Å². The van der Waals surface area contributed by atoms with Gasteiger partial charge in [-0.05, 0) is 30.7 Å². The Balaban J connectivity index is 2.21. The minimum atomic E-state index is -0.700. The lowest BCUT2D eigenvalue weighted by molar-refractivity contribution is 0.102. The van der Waals surface area contributed by atoms with Crippen LogP contribution >= 0.6 is 11.6 Å². The summed E-state index contributed by atoms with van der Waals surface area (Å²) < 4.78 is 12.9. The molecule has 1 N–H and O–H groups in total. The maximum Gasteiger partial charge on any atom is 0.274 e. The van der Waals surface area contributed by atoms with Crippen molar-refractivity contribution >= 4 is 23.2 Å². The van der Waals surface area contributed by atoms with Crippen LogP contribution in [0.3, 0.4) is 0 Å². The number of pyridine rings is 2. The van der Waals surface area contributed by atoms with Crippen LogP contribution in [0, 0.1) is 12.9 Å². The Morgan fingerprint density at radius 1 is 1.44 bits per heavy atom. The molecule has 0 aliphatic heterocycles. The summed E-state index contributed by atoms with van der Waals surface area (Å²) in [5.74, 6) is -1.20. The molecule has 0 fully saturated rings. The van der Waals surface area contributed by atoms with E-state index < -0.39 is 11.9 Å². The average molecular weight is 266 g/mol. The number of nitrogens with one attached hydrogen (secondary N) is 1. The van der Waals surface area contributed by atoms with Crippen molar-refractivity contribution in [3.63, 3.8) is 0 Å². The molecular weight excluding hydrogens is 257 g/mol. The predicted molar refractivity (Wildman–Crippen MR) is 66.1 cm³/mol. The zero-order valence-corrected chi connectivity index (χ0v) is 10.2. The third kappa shape index (κ3) is 2.81. The zero-order valence-electron chi connectivity index (χ0n) is 9.45. The minimum Gasteiger partial charge on any atom is -0.319 e. The van der Waals surface area contributed by atoms with Gasteiger partial charge in [-0.3, -0.25) is 4.79 Å². The smallest absolute Gasteiger partial charge is 0.274 e. The van der Waals surface area contributed by atoms with E-state index in [9.17, 15) is 9.18 Å². The van der Waals surface area contributed by atoms with Crippen molar-refractivity contribution in [1.29, 1.82) is 0 Å². The van der Waals surface area contributed by atoms with Gasteiger partial charge in [0.25, 0.3) is 5.91 Å². The quantitative estimate of drug-likeness (QED) is 0.850. The molecule has 0 aromatic carbocycles. The van der Waals surface area contributed by atoms with Gasteiger partial charge < -0.3 is 5.32 Å². The van der Waals surface area contributed by atoms with Gasteiger partial charge in [0.1, 0.15) is 10.8 Å². The van der Waals surface area contributed by atoms with Crippen molar-refractivity contribution in [2.45, 2.75) is 6.92 Å². The van der Waals surface area contributed by atoms with Gasteiger partial charge in [-0.2, -0.15) is 4.39 Å². The van der Waals surface area contributed by atoms with E-state index in [0.717, 1.165) is 5.56 Å². The van der Waals surface area contributed by atoms with E-state index in [0.29, 0.717) is 10.8 Å². The third-order valence-corrected chi connectivity index (χ3v) is 2.48. The minimum absolute atomic E-state index is 0.00403. The fourth-order valence-electron chi connectivity index (χ4n) is 1.37. The summed E-state index contributed by atoms with van der Waals surface area (Å²) in [6, 6.07) is 5.64. The molecule has 1 amide bonds. The van der Waals surface area contributed by atoms with E-state index in [1.807, 2.05) is 0 Å². The molecule has 0 aliphatic carbocycles. The average Bonchev–Trinajstić information content (AvgIpc) is 2.32. The third-order valence-electron chi connectivity index (χ3n) is 2.27. The van der Waals surface area contributed by atoms with Crippen molar-refractivity contribution in [2.75, 3.05) is 5.32 Å². The summed E-state index contributed by atoms with van der Waals surface area (Å²) in [6.45, 7) is 1.78. The molecule has 2 aromatic rings. The number of aryl methyl sites for hydroxylation is 1. The zero-order chi connectivity index (χ0) is 13.1. The molecule has 2 rings (SSSR count). The maximum atomic E-state index is 12.9. The molecule has 0 aliphatic rings. The van der Waals surface area contributed by atoms with Crippen molar-refractivity contribution < 1.29 is 9.18 Å². The first-order chi connectivity index (χ1) is 8.56. The Hall–Kier alpha value is -2.01. The number of nitrogens with zero attached hydrogens (tertiary/aromatic N) is 2. The molecule has 2 heterocycles. The highest BCUT2D eigenvalue weighted by atomic mass is 35.5. The molecule has 0 unspecified atom stereocenters. The number of halogens is 2. The summed E-state index contributed by atoms with van der Waals surface area (Å²) in [5.41, 5.74) is 1.28. The van der Waals surface area contributed by atoms with Gasteiger partial charge in [-0.1, -0.05) is 17.7 Å². The molecule has 92 valence electrons. The largest absolute Gasteiger partial charge is 0.319 e.